The van der Waals surface area contributed by atoms with E-state index in [1.54, 1.807) is 29.4 Å². The maximum atomic E-state index is 11.7. The number of hydrogen-bond donors (Lipinski definition) is 1. The molecule has 0 saturated carbocycles. The first kappa shape index (κ1) is 19.5. The van der Waals surface area contributed by atoms with Crippen LogP contribution in [0.25, 0.3) is 0 Å². The largest absolute Gasteiger partial charge is 0.388 e. The standard InChI is InChI=1S/C12H18N2O2.2ClH/c1-3-14(4-2)12(16)9-11(15)10-5-7-13-8-6-10;;/h5-8,11,15H,3-4,9H2,1-2H3;2*1H. The van der Waals surface area contributed by atoms with Gasteiger partial charge < -0.3 is 10.0 Å². The Bertz CT molecular complexity index is 332. The molecule has 0 saturated heterocycles. The first-order valence-corrected chi connectivity index (χ1v) is 5.54. The SMILES string of the molecule is CCN(CC)C(=O)CC(O)c1ccncc1.Cl.Cl. The summed E-state index contributed by atoms with van der Waals surface area (Å²) in [4.78, 5) is 17.3. The Balaban J connectivity index is 0. The lowest BCUT2D eigenvalue weighted by Crippen LogP contribution is -2.31. The lowest BCUT2D eigenvalue weighted by molar-refractivity contribution is -0.132. The Morgan fingerprint density at radius 3 is 2.22 bits per heavy atom. The lowest BCUT2D eigenvalue weighted by Gasteiger charge is -2.20. The van der Waals surface area contributed by atoms with Crippen molar-refractivity contribution in [3.63, 3.8) is 0 Å². The number of nitrogens with zero attached hydrogens (tertiary/aromatic N) is 2. The quantitative estimate of drug-likeness (QED) is 0.906. The fraction of sp³-hybridized carbons (Fsp3) is 0.500. The molecular formula is C12H20Cl2N2O2. The molecule has 4 nitrogen and oxygen atoms in total. The van der Waals surface area contributed by atoms with Gasteiger partial charge in [-0.25, -0.2) is 0 Å². The van der Waals surface area contributed by atoms with Gasteiger partial charge in [0.05, 0.1) is 12.5 Å². The summed E-state index contributed by atoms with van der Waals surface area (Å²) >= 11 is 0. The number of hydrogen-bond acceptors (Lipinski definition) is 3. The van der Waals surface area contributed by atoms with Gasteiger partial charge in [0.25, 0.3) is 0 Å². The molecule has 1 aromatic rings. The third-order valence-electron chi connectivity index (χ3n) is 2.57. The zero-order valence-corrected chi connectivity index (χ0v) is 12.2. The van der Waals surface area contributed by atoms with Crippen molar-refractivity contribution >= 4 is 30.7 Å². The van der Waals surface area contributed by atoms with Gasteiger partial charge in [0, 0.05) is 25.5 Å². The van der Waals surface area contributed by atoms with Crippen molar-refractivity contribution in [1.82, 2.24) is 9.88 Å². The van der Waals surface area contributed by atoms with Crippen LogP contribution >= 0.6 is 24.8 Å². The minimum Gasteiger partial charge on any atom is -0.388 e. The average Bonchev–Trinajstić information content (AvgIpc) is 2.31. The van der Waals surface area contributed by atoms with E-state index in [0.29, 0.717) is 13.1 Å². The lowest BCUT2D eigenvalue weighted by atomic mass is 10.1. The van der Waals surface area contributed by atoms with Crippen molar-refractivity contribution in [2.24, 2.45) is 0 Å². The van der Waals surface area contributed by atoms with Gasteiger partial charge in [-0.1, -0.05) is 0 Å². The highest BCUT2D eigenvalue weighted by molar-refractivity contribution is 5.85. The van der Waals surface area contributed by atoms with E-state index in [1.165, 1.54) is 0 Å². The van der Waals surface area contributed by atoms with Crippen LogP contribution in [0.1, 0.15) is 31.9 Å². The second kappa shape index (κ2) is 10.1. The third-order valence-corrected chi connectivity index (χ3v) is 2.57. The van der Waals surface area contributed by atoms with Crippen molar-refractivity contribution < 1.29 is 9.90 Å². The van der Waals surface area contributed by atoms with Gasteiger partial charge in [0.2, 0.25) is 5.91 Å². The van der Waals surface area contributed by atoms with Gasteiger partial charge in [0.1, 0.15) is 0 Å². The van der Waals surface area contributed by atoms with Crippen molar-refractivity contribution in [3.05, 3.63) is 30.1 Å². The summed E-state index contributed by atoms with van der Waals surface area (Å²) < 4.78 is 0. The maximum absolute atomic E-state index is 11.7. The molecule has 1 aromatic heterocycles. The number of aromatic nitrogens is 1. The Kier molecular flexibility index (Phi) is 11.0. The summed E-state index contributed by atoms with van der Waals surface area (Å²) in [5.41, 5.74) is 0.732. The molecular weight excluding hydrogens is 275 g/mol. The highest BCUT2D eigenvalue weighted by Crippen LogP contribution is 2.16. The fourth-order valence-electron chi connectivity index (χ4n) is 1.57. The minimum atomic E-state index is -0.740. The molecule has 0 spiro atoms. The molecule has 6 heteroatoms. The molecule has 0 aliphatic carbocycles. The van der Waals surface area contributed by atoms with Gasteiger partial charge in [-0.15, -0.1) is 24.8 Å². The molecule has 1 N–H and O–H groups in total. The van der Waals surface area contributed by atoms with Crippen molar-refractivity contribution in [3.8, 4) is 0 Å². The number of halogens is 2. The Hall–Kier alpha value is -0.840. The summed E-state index contributed by atoms with van der Waals surface area (Å²) in [5, 5.41) is 9.86. The van der Waals surface area contributed by atoms with Crippen LogP contribution in [0.2, 0.25) is 0 Å². The molecule has 0 aliphatic heterocycles. The monoisotopic (exact) mass is 294 g/mol. The highest BCUT2D eigenvalue weighted by Gasteiger charge is 2.16. The fourth-order valence-corrected chi connectivity index (χ4v) is 1.57. The van der Waals surface area contributed by atoms with Crippen LogP contribution in [-0.2, 0) is 4.79 Å². The van der Waals surface area contributed by atoms with Gasteiger partial charge in [-0.2, -0.15) is 0 Å². The molecule has 1 unspecified atom stereocenters. The molecule has 104 valence electrons. The average molecular weight is 295 g/mol. The summed E-state index contributed by atoms with van der Waals surface area (Å²) in [5.74, 6) is -0.0192. The summed E-state index contributed by atoms with van der Waals surface area (Å²) in [7, 11) is 0. The van der Waals surface area contributed by atoms with Gasteiger partial charge in [-0.05, 0) is 31.5 Å². The van der Waals surface area contributed by atoms with Crippen LogP contribution in [0.4, 0.5) is 0 Å². The Labute approximate surface area is 120 Å². The van der Waals surface area contributed by atoms with E-state index in [2.05, 4.69) is 4.98 Å². The smallest absolute Gasteiger partial charge is 0.225 e. The van der Waals surface area contributed by atoms with Crippen LogP contribution in [0.5, 0.6) is 0 Å². The predicted octanol–water partition coefficient (Wildman–Crippen LogP) is 2.22. The van der Waals surface area contributed by atoms with E-state index < -0.39 is 6.10 Å². The zero-order valence-electron chi connectivity index (χ0n) is 10.6. The van der Waals surface area contributed by atoms with E-state index >= 15 is 0 Å². The zero-order chi connectivity index (χ0) is 12.0. The predicted molar refractivity (Wildman–Crippen MR) is 76.2 cm³/mol. The number of amides is 1. The Morgan fingerprint density at radius 2 is 1.78 bits per heavy atom. The van der Waals surface area contributed by atoms with E-state index in [0.717, 1.165) is 5.56 Å². The first-order valence-electron chi connectivity index (χ1n) is 5.54. The molecule has 0 fully saturated rings. The summed E-state index contributed by atoms with van der Waals surface area (Å²) in [6, 6.07) is 3.44. The second-order valence-electron chi connectivity index (χ2n) is 3.57. The first-order chi connectivity index (χ1) is 7.69. The van der Waals surface area contributed by atoms with Gasteiger partial charge in [-0.3, -0.25) is 9.78 Å². The number of rotatable bonds is 5. The normalized spacial score (nSPS) is 10.8. The van der Waals surface area contributed by atoms with Crippen molar-refractivity contribution in [1.29, 1.82) is 0 Å². The number of carbonyl (C=O) groups excluding carboxylic acids is 1. The van der Waals surface area contributed by atoms with E-state index in [9.17, 15) is 9.90 Å². The van der Waals surface area contributed by atoms with Crippen molar-refractivity contribution in [2.45, 2.75) is 26.4 Å². The molecule has 1 heterocycles. The molecule has 1 amide bonds. The van der Waals surface area contributed by atoms with Crippen molar-refractivity contribution in [2.75, 3.05) is 13.1 Å². The van der Waals surface area contributed by atoms with Crippen LogP contribution in [0.3, 0.4) is 0 Å². The molecule has 1 rings (SSSR count). The van der Waals surface area contributed by atoms with E-state index in [1.807, 2.05) is 13.8 Å². The topological polar surface area (TPSA) is 53.4 Å². The van der Waals surface area contributed by atoms with Crippen LogP contribution in [0.15, 0.2) is 24.5 Å². The summed E-state index contributed by atoms with van der Waals surface area (Å²) in [6.07, 6.45) is 2.61. The number of aliphatic hydroxyl groups is 1. The van der Waals surface area contributed by atoms with Gasteiger partial charge in [0.15, 0.2) is 0 Å². The van der Waals surface area contributed by atoms with Crippen LogP contribution in [0, 0.1) is 0 Å². The number of carbonyl (C=O) groups is 1. The third kappa shape index (κ3) is 5.67. The Morgan fingerprint density at radius 1 is 1.28 bits per heavy atom. The molecule has 0 aliphatic rings. The summed E-state index contributed by atoms with van der Waals surface area (Å²) in [6.45, 7) is 5.22. The second-order valence-corrected chi connectivity index (χ2v) is 3.57. The van der Waals surface area contributed by atoms with Crippen LogP contribution in [-0.4, -0.2) is 34.0 Å². The number of pyridine rings is 1. The van der Waals surface area contributed by atoms with E-state index in [4.69, 9.17) is 0 Å². The molecule has 1 atom stereocenters. The van der Waals surface area contributed by atoms with E-state index in [-0.39, 0.29) is 37.1 Å². The molecule has 0 bridgehead atoms. The molecule has 18 heavy (non-hydrogen) atoms. The highest BCUT2D eigenvalue weighted by atomic mass is 35.5. The van der Waals surface area contributed by atoms with Crippen LogP contribution < -0.4 is 0 Å². The minimum absolute atomic E-state index is 0. The maximum Gasteiger partial charge on any atom is 0.225 e. The number of aliphatic hydroxyl groups excluding tert-OH is 1. The van der Waals surface area contributed by atoms with Gasteiger partial charge >= 0.3 is 0 Å². The molecule has 0 aromatic carbocycles. The molecule has 0 radical (unpaired) electrons.